The van der Waals surface area contributed by atoms with Crippen LogP contribution in [0.25, 0.3) is 0 Å². The molecule has 1 rings (SSSR count). The molecule has 5 heteroatoms. The summed E-state index contributed by atoms with van der Waals surface area (Å²) in [5.74, 6) is 0.771. The molecule has 1 fully saturated rings. The Hall–Kier alpha value is -0.290. The van der Waals surface area contributed by atoms with Gasteiger partial charge in [0, 0.05) is 6.42 Å². The number of alkyl halides is 3. The van der Waals surface area contributed by atoms with Gasteiger partial charge < -0.3 is 10.6 Å². The van der Waals surface area contributed by atoms with E-state index >= 15 is 0 Å². The number of halogens is 3. The molecule has 0 atom stereocenters. The van der Waals surface area contributed by atoms with Crippen LogP contribution in [-0.4, -0.2) is 32.4 Å². The summed E-state index contributed by atoms with van der Waals surface area (Å²) in [6, 6.07) is 0. The molecule has 1 heterocycles. The molecule has 0 saturated carbocycles. The van der Waals surface area contributed by atoms with Crippen LogP contribution in [0, 0.1) is 5.92 Å². The molecule has 0 aromatic carbocycles. The van der Waals surface area contributed by atoms with E-state index in [1.807, 2.05) is 0 Å². The average Bonchev–Trinajstić information content (AvgIpc) is 2.04. The van der Waals surface area contributed by atoms with Gasteiger partial charge in [0.1, 0.15) is 0 Å². The maximum Gasteiger partial charge on any atom is 0.389 e. The number of nitrogens with one attached hydrogen (secondary N) is 2. The molecule has 2 nitrogen and oxygen atoms in total. The maximum absolute atomic E-state index is 11.8. The molecular weight excluding hydrogens is 205 g/mol. The highest BCUT2D eigenvalue weighted by atomic mass is 19.4. The molecule has 0 aromatic heterocycles. The Balaban J connectivity index is 1.76. The monoisotopic (exact) mass is 224 g/mol. The van der Waals surface area contributed by atoms with Crippen LogP contribution in [0.15, 0.2) is 0 Å². The summed E-state index contributed by atoms with van der Waals surface area (Å²) in [6.45, 7) is 3.82. The van der Waals surface area contributed by atoms with Gasteiger partial charge in [0.05, 0.1) is 0 Å². The molecule has 0 unspecified atom stereocenters. The summed E-state index contributed by atoms with van der Waals surface area (Å²) >= 11 is 0. The summed E-state index contributed by atoms with van der Waals surface area (Å²) in [6.07, 6.45) is -2.66. The minimum atomic E-state index is -3.99. The predicted molar refractivity (Wildman–Crippen MR) is 53.8 cm³/mol. The van der Waals surface area contributed by atoms with Gasteiger partial charge in [0.25, 0.3) is 0 Å². The first kappa shape index (κ1) is 12.8. The molecule has 0 aromatic rings. The fourth-order valence-corrected chi connectivity index (χ4v) is 1.56. The van der Waals surface area contributed by atoms with E-state index in [-0.39, 0.29) is 6.42 Å². The minimum Gasteiger partial charge on any atom is -0.317 e. The van der Waals surface area contributed by atoms with Gasteiger partial charge in [-0.2, -0.15) is 13.2 Å². The molecule has 0 amide bonds. The lowest BCUT2D eigenvalue weighted by atomic mass is 10.00. The van der Waals surface area contributed by atoms with Crippen LogP contribution in [0.5, 0.6) is 0 Å². The number of hydrogen-bond acceptors (Lipinski definition) is 2. The van der Waals surface area contributed by atoms with E-state index in [9.17, 15) is 13.2 Å². The SMILES string of the molecule is FC(F)(F)CCCCNCCC1CNC1. The van der Waals surface area contributed by atoms with Crippen molar-refractivity contribution < 1.29 is 13.2 Å². The van der Waals surface area contributed by atoms with Crippen LogP contribution in [0.1, 0.15) is 25.7 Å². The fourth-order valence-electron chi connectivity index (χ4n) is 1.56. The van der Waals surface area contributed by atoms with E-state index in [4.69, 9.17) is 0 Å². The predicted octanol–water partition coefficient (Wildman–Crippen LogP) is 1.92. The van der Waals surface area contributed by atoms with Gasteiger partial charge in [-0.1, -0.05) is 0 Å². The van der Waals surface area contributed by atoms with Gasteiger partial charge in [-0.3, -0.25) is 0 Å². The van der Waals surface area contributed by atoms with E-state index in [2.05, 4.69) is 10.6 Å². The zero-order valence-electron chi connectivity index (χ0n) is 8.87. The Labute approximate surface area is 88.6 Å². The van der Waals surface area contributed by atoms with E-state index in [1.54, 1.807) is 0 Å². The second-order valence-corrected chi connectivity index (χ2v) is 4.14. The van der Waals surface area contributed by atoms with Gasteiger partial charge in [0.15, 0.2) is 0 Å². The van der Waals surface area contributed by atoms with E-state index in [1.165, 1.54) is 0 Å². The van der Waals surface area contributed by atoms with Crippen LogP contribution in [-0.2, 0) is 0 Å². The Morgan fingerprint density at radius 3 is 2.40 bits per heavy atom. The molecule has 1 aliphatic rings. The molecule has 0 spiro atoms. The quantitative estimate of drug-likeness (QED) is 0.646. The summed E-state index contributed by atoms with van der Waals surface area (Å²) < 4.78 is 35.3. The minimum absolute atomic E-state index is 0.238. The van der Waals surface area contributed by atoms with E-state index < -0.39 is 12.6 Å². The third-order valence-corrected chi connectivity index (χ3v) is 2.66. The first-order valence-corrected chi connectivity index (χ1v) is 5.56. The van der Waals surface area contributed by atoms with Crippen molar-refractivity contribution in [2.45, 2.75) is 31.9 Å². The van der Waals surface area contributed by atoms with Gasteiger partial charge in [0.2, 0.25) is 0 Å². The van der Waals surface area contributed by atoms with Gasteiger partial charge in [-0.05, 0) is 51.4 Å². The van der Waals surface area contributed by atoms with Crippen molar-refractivity contribution >= 4 is 0 Å². The standard InChI is InChI=1S/C10H19F3N2/c11-10(12,13)4-1-2-5-14-6-3-9-7-15-8-9/h9,14-15H,1-8H2. The zero-order valence-corrected chi connectivity index (χ0v) is 8.87. The molecular formula is C10H19F3N2. The van der Waals surface area contributed by atoms with Gasteiger partial charge in [-0.25, -0.2) is 0 Å². The lowest BCUT2D eigenvalue weighted by Gasteiger charge is -2.26. The van der Waals surface area contributed by atoms with Crippen LogP contribution in [0.3, 0.4) is 0 Å². The van der Waals surface area contributed by atoms with Crippen LogP contribution < -0.4 is 10.6 Å². The molecule has 90 valence electrons. The van der Waals surface area contributed by atoms with Crippen LogP contribution in [0.4, 0.5) is 13.2 Å². The Morgan fingerprint density at radius 2 is 1.87 bits per heavy atom. The largest absolute Gasteiger partial charge is 0.389 e. The lowest BCUT2D eigenvalue weighted by molar-refractivity contribution is -0.135. The van der Waals surface area contributed by atoms with Crippen molar-refractivity contribution in [1.29, 1.82) is 0 Å². The second kappa shape index (κ2) is 6.33. The second-order valence-electron chi connectivity index (χ2n) is 4.14. The highest BCUT2D eigenvalue weighted by Crippen LogP contribution is 2.21. The van der Waals surface area contributed by atoms with E-state index in [0.29, 0.717) is 13.0 Å². The Kier molecular flexibility index (Phi) is 5.39. The van der Waals surface area contributed by atoms with Crippen molar-refractivity contribution in [2.24, 2.45) is 5.92 Å². The molecule has 15 heavy (non-hydrogen) atoms. The summed E-state index contributed by atoms with van der Waals surface area (Å²) in [7, 11) is 0. The third-order valence-electron chi connectivity index (χ3n) is 2.66. The molecule has 1 aliphatic heterocycles. The zero-order chi connectivity index (χ0) is 11.1. The smallest absolute Gasteiger partial charge is 0.317 e. The number of unbranched alkanes of at least 4 members (excludes halogenated alkanes) is 1. The number of hydrogen-bond donors (Lipinski definition) is 2. The molecule has 0 aliphatic carbocycles. The summed E-state index contributed by atoms with van der Waals surface area (Å²) in [5.41, 5.74) is 0. The highest BCUT2D eigenvalue weighted by molar-refractivity contribution is 4.74. The highest BCUT2D eigenvalue weighted by Gasteiger charge is 2.25. The molecule has 0 radical (unpaired) electrons. The van der Waals surface area contributed by atoms with Crippen LogP contribution in [0.2, 0.25) is 0 Å². The van der Waals surface area contributed by atoms with Gasteiger partial charge in [-0.15, -0.1) is 0 Å². The van der Waals surface area contributed by atoms with E-state index in [0.717, 1.165) is 32.0 Å². The average molecular weight is 224 g/mol. The molecule has 0 bridgehead atoms. The first-order chi connectivity index (χ1) is 7.08. The first-order valence-electron chi connectivity index (χ1n) is 5.56. The topological polar surface area (TPSA) is 24.1 Å². The molecule has 1 saturated heterocycles. The normalized spacial score (nSPS) is 17.8. The Morgan fingerprint density at radius 1 is 1.13 bits per heavy atom. The van der Waals surface area contributed by atoms with Crippen molar-refractivity contribution in [2.75, 3.05) is 26.2 Å². The molecule has 2 N–H and O–H groups in total. The van der Waals surface area contributed by atoms with Crippen molar-refractivity contribution in [3.8, 4) is 0 Å². The summed E-state index contributed by atoms with van der Waals surface area (Å²) in [4.78, 5) is 0. The Bertz CT molecular complexity index is 167. The van der Waals surface area contributed by atoms with Crippen LogP contribution >= 0.6 is 0 Å². The van der Waals surface area contributed by atoms with Crippen molar-refractivity contribution in [3.63, 3.8) is 0 Å². The number of rotatable bonds is 7. The fraction of sp³-hybridized carbons (Fsp3) is 1.00. The third kappa shape index (κ3) is 6.73. The van der Waals surface area contributed by atoms with Gasteiger partial charge >= 0.3 is 6.18 Å². The summed E-state index contributed by atoms with van der Waals surface area (Å²) in [5, 5.41) is 6.36. The van der Waals surface area contributed by atoms with Crippen molar-refractivity contribution in [1.82, 2.24) is 10.6 Å². The van der Waals surface area contributed by atoms with Crippen molar-refractivity contribution in [3.05, 3.63) is 0 Å². The lowest BCUT2D eigenvalue weighted by Crippen LogP contribution is -2.43. The maximum atomic E-state index is 11.8.